The van der Waals surface area contributed by atoms with E-state index in [-0.39, 0.29) is 24.0 Å². The lowest BCUT2D eigenvalue weighted by atomic mass is 10.0. The average Bonchev–Trinajstić information content (AvgIpc) is 3.46. The van der Waals surface area contributed by atoms with Crippen LogP contribution in [-0.4, -0.2) is 178 Å². The molecule has 0 aliphatic carbocycles. The third-order valence-electron chi connectivity index (χ3n) is 8.55. The van der Waals surface area contributed by atoms with Gasteiger partial charge in [0, 0.05) is 25.3 Å². The zero-order chi connectivity index (χ0) is 40.6. The van der Waals surface area contributed by atoms with Crippen LogP contribution in [0.25, 0.3) is 0 Å². The number of fused-ring (bicyclic) bond motifs is 1. The van der Waals surface area contributed by atoms with Gasteiger partial charge in [-0.1, -0.05) is 41.5 Å². The fourth-order valence-corrected chi connectivity index (χ4v) is 6.19. The number of amides is 4. The van der Waals surface area contributed by atoms with E-state index >= 15 is 0 Å². The summed E-state index contributed by atoms with van der Waals surface area (Å²) in [6.45, 7) is 10.3. The Bertz CT molecular complexity index is 1280. The van der Waals surface area contributed by atoms with Gasteiger partial charge >= 0.3 is 0 Å². The summed E-state index contributed by atoms with van der Waals surface area (Å²) in [4.78, 5) is 50.9. The fourth-order valence-electron chi connectivity index (χ4n) is 5.65. The molecule has 1 saturated heterocycles. The standard InChI is InChI=1S/C39H62IN3O14/c40-10-3-1-2-4-12-48-14-16-50-18-20-52-22-24-54-26-28-56-30-31-57-29-27-55-25-23-53-21-19-51-17-15-49-13-11-41-33-7-5-6-32-36(33)39(47)43(38(32)46)34-8-9-35(44)42-37(34)45/h5-7,34,41H,1-4,8-31H2,(H,42,44,45). The number of hydrogen-bond acceptors (Lipinski definition) is 15. The highest BCUT2D eigenvalue weighted by molar-refractivity contribution is 14.1. The van der Waals surface area contributed by atoms with Gasteiger partial charge in [0.1, 0.15) is 6.04 Å². The van der Waals surface area contributed by atoms with Crippen LogP contribution in [0.3, 0.4) is 0 Å². The van der Waals surface area contributed by atoms with Crippen molar-refractivity contribution >= 4 is 51.9 Å². The van der Waals surface area contributed by atoms with Crippen molar-refractivity contribution in [3.8, 4) is 0 Å². The number of carbonyl (C=O) groups is 4. The van der Waals surface area contributed by atoms with Crippen molar-refractivity contribution < 1.29 is 66.5 Å². The van der Waals surface area contributed by atoms with Crippen molar-refractivity contribution in [2.45, 2.75) is 44.6 Å². The number of carbonyl (C=O) groups excluding carboxylic acids is 4. The third-order valence-corrected chi connectivity index (χ3v) is 9.31. The molecule has 1 fully saturated rings. The summed E-state index contributed by atoms with van der Waals surface area (Å²) in [5.74, 6) is -2.16. The number of ether oxygens (including phenoxy) is 10. The molecular formula is C39H62IN3O14. The van der Waals surface area contributed by atoms with Gasteiger partial charge in [0.05, 0.1) is 137 Å². The molecule has 0 spiro atoms. The van der Waals surface area contributed by atoms with Crippen molar-refractivity contribution in [3.05, 3.63) is 29.3 Å². The van der Waals surface area contributed by atoms with Crippen LogP contribution in [0.15, 0.2) is 18.2 Å². The minimum absolute atomic E-state index is 0.0669. The molecule has 2 aliphatic heterocycles. The first-order valence-corrected chi connectivity index (χ1v) is 21.5. The lowest BCUT2D eigenvalue weighted by Crippen LogP contribution is -2.54. The Hall–Kier alpha value is -2.37. The van der Waals surface area contributed by atoms with Crippen LogP contribution in [0.2, 0.25) is 0 Å². The molecular weight excluding hydrogens is 861 g/mol. The molecule has 17 nitrogen and oxygen atoms in total. The Morgan fingerprint density at radius 1 is 0.561 bits per heavy atom. The number of nitrogens with one attached hydrogen (secondary N) is 2. The van der Waals surface area contributed by atoms with Crippen LogP contribution >= 0.6 is 22.6 Å². The molecule has 4 amide bonds. The van der Waals surface area contributed by atoms with Crippen molar-refractivity contribution in [3.63, 3.8) is 0 Å². The summed E-state index contributed by atoms with van der Waals surface area (Å²) >= 11 is 2.41. The highest BCUT2D eigenvalue weighted by atomic mass is 127. The van der Waals surface area contributed by atoms with Gasteiger partial charge in [0.25, 0.3) is 11.8 Å². The first-order chi connectivity index (χ1) is 28.0. The number of imide groups is 2. The van der Waals surface area contributed by atoms with Gasteiger partial charge in [-0.15, -0.1) is 0 Å². The van der Waals surface area contributed by atoms with Crippen molar-refractivity contribution in [2.75, 3.05) is 148 Å². The Kier molecular flexibility index (Phi) is 27.9. The Morgan fingerprint density at radius 2 is 1.00 bits per heavy atom. The highest BCUT2D eigenvalue weighted by Gasteiger charge is 2.45. The molecule has 2 aliphatic rings. The zero-order valence-electron chi connectivity index (χ0n) is 33.1. The maximum absolute atomic E-state index is 13.2. The van der Waals surface area contributed by atoms with Crippen molar-refractivity contribution in [1.82, 2.24) is 10.2 Å². The van der Waals surface area contributed by atoms with Gasteiger partial charge in [-0.25, -0.2) is 0 Å². The number of piperidine rings is 1. The summed E-state index contributed by atoms with van der Waals surface area (Å²) in [6, 6.07) is 3.91. The first-order valence-electron chi connectivity index (χ1n) is 20.0. The van der Waals surface area contributed by atoms with Gasteiger partial charge in [-0.05, 0) is 35.8 Å². The smallest absolute Gasteiger partial charge is 0.264 e. The van der Waals surface area contributed by atoms with Gasteiger partial charge in [0.2, 0.25) is 11.8 Å². The predicted octanol–water partition coefficient (Wildman–Crippen LogP) is 2.66. The molecule has 0 radical (unpaired) electrons. The van der Waals surface area contributed by atoms with Gasteiger partial charge in [0.15, 0.2) is 0 Å². The van der Waals surface area contributed by atoms with Gasteiger partial charge in [-0.2, -0.15) is 0 Å². The van der Waals surface area contributed by atoms with Gasteiger partial charge < -0.3 is 52.7 Å². The predicted molar refractivity (Wildman–Crippen MR) is 217 cm³/mol. The molecule has 3 rings (SSSR count). The lowest BCUT2D eigenvalue weighted by Gasteiger charge is -2.27. The molecule has 0 aromatic heterocycles. The van der Waals surface area contributed by atoms with E-state index < -0.39 is 29.7 Å². The van der Waals surface area contributed by atoms with E-state index in [9.17, 15) is 19.2 Å². The molecule has 1 atom stereocenters. The van der Waals surface area contributed by atoms with Crippen LogP contribution in [-0.2, 0) is 57.0 Å². The van der Waals surface area contributed by atoms with E-state index in [1.165, 1.54) is 23.7 Å². The van der Waals surface area contributed by atoms with Crippen LogP contribution < -0.4 is 10.6 Å². The van der Waals surface area contributed by atoms with E-state index in [4.69, 9.17) is 47.4 Å². The molecule has 57 heavy (non-hydrogen) atoms. The maximum Gasteiger partial charge on any atom is 0.264 e. The molecule has 324 valence electrons. The number of alkyl halides is 1. The van der Waals surface area contributed by atoms with Gasteiger partial charge in [-0.3, -0.25) is 29.4 Å². The van der Waals surface area contributed by atoms with Crippen LogP contribution in [0.1, 0.15) is 59.2 Å². The Labute approximate surface area is 349 Å². The molecule has 0 bridgehead atoms. The minimum Gasteiger partial charge on any atom is -0.382 e. The summed E-state index contributed by atoms with van der Waals surface area (Å²) in [5.41, 5.74) is 0.913. The molecule has 1 aromatic rings. The van der Waals surface area contributed by atoms with E-state index in [0.29, 0.717) is 138 Å². The van der Waals surface area contributed by atoms with Crippen molar-refractivity contribution in [2.24, 2.45) is 0 Å². The van der Waals surface area contributed by atoms with E-state index in [0.717, 1.165) is 17.9 Å². The largest absolute Gasteiger partial charge is 0.382 e. The Balaban J connectivity index is 0.995. The number of halogens is 1. The second-order valence-electron chi connectivity index (χ2n) is 12.8. The second-order valence-corrected chi connectivity index (χ2v) is 13.9. The lowest BCUT2D eigenvalue weighted by molar-refractivity contribution is -0.136. The molecule has 1 unspecified atom stereocenters. The summed E-state index contributed by atoms with van der Waals surface area (Å²) < 4.78 is 56.4. The molecule has 2 heterocycles. The monoisotopic (exact) mass is 923 g/mol. The number of rotatable bonds is 38. The third kappa shape index (κ3) is 20.9. The van der Waals surface area contributed by atoms with Crippen LogP contribution in [0.4, 0.5) is 5.69 Å². The molecule has 0 saturated carbocycles. The van der Waals surface area contributed by atoms with Crippen LogP contribution in [0.5, 0.6) is 0 Å². The molecule has 1 aromatic carbocycles. The number of benzene rings is 1. The summed E-state index contributed by atoms with van der Waals surface area (Å²) in [6.07, 6.45) is 5.10. The normalized spacial score (nSPS) is 15.5. The topological polar surface area (TPSA) is 188 Å². The summed E-state index contributed by atoms with van der Waals surface area (Å²) in [7, 11) is 0. The highest BCUT2D eigenvalue weighted by Crippen LogP contribution is 2.32. The van der Waals surface area contributed by atoms with E-state index in [1.54, 1.807) is 18.2 Å². The summed E-state index contributed by atoms with van der Waals surface area (Å²) in [5, 5.41) is 5.34. The first kappa shape index (κ1) is 49.0. The molecule has 18 heteroatoms. The van der Waals surface area contributed by atoms with Crippen molar-refractivity contribution in [1.29, 1.82) is 0 Å². The number of nitrogens with zero attached hydrogens (tertiary/aromatic N) is 1. The average molecular weight is 924 g/mol. The quantitative estimate of drug-likeness (QED) is 0.0427. The maximum atomic E-state index is 13.2. The van der Waals surface area contributed by atoms with E-state index in [1.807, 2.05) is 0 Å². The van der Waals surface area contributed by atoms with E-state index in [2.05, 4.69) is 33.2 Å². The zero-order valence-corrected chi connectivity index (χ0v) is 35.3. The number of hydrogen-bond donors (Lipinski definition) is 2. The second kappa shape index (κ2) is 32.5. The minimum atomic E-state index is -1.01. The Morgan fingerprint density at radius 3 is 1.46 bits per heavy atom. The number of anilines is 1. The molecule has 2 N–H and O–H groups in total. The fraction of sp³-hybridized carbons (Fsp3) is 0.744. The number of unbranched alkanes of at least 4 members (excludes halogenated alkanes) is 3. The van der Waals surface area contributed by atoms with Crippen LogP contribution in [0, 0.1) is 0 Å². The SMILES string of the molecule is O=C1CCC(N2C(=O)c3cccc(NCCOCCOCCOCCOCCOCCOCCOCCOCCOCCOCCCCCCI)c3C2=O)C(=O)N1.